The molecule has 0 saturated heterocycles. The number of aromatic nitrogens is 2. The molecule has 1 aromatic heterocycles. The van der Waals surface area contributed by atoms with Gasteiger partial charge in [0.25, 0.3) is 0 Å². The van der Waals surface area contributed by atoms with E-state index in [1.165, 1.54) is 17.3 Å². The van der Waals surface area contributed by atoms with E-state index in [-0.39, 0.29) is 0 Å². The maximum Gasteiger partial charge on any atom is 0.202 e. The second-order valence-electron chi connectivity index (χ2n) is 3.94. The van der Waals surface area contributed by atoms with Crippen molar-refractivity contribution < 1.29 is 0 Å². The van der Waals surface area contributed by atoms with E-state index in [2.05, 4.69) is 41.7 Å². The van der Waals surface area contributed by atoms with Crippen LogP contribution in [0.15, 0.2) is 0 Å². The summed E-state index contributed by atoms with van der Waals surface area (Å²) in [5.74, 6) is 2.54. The van der Waals surface area contributed by atoms with Crippen molar-refractivity contribution in [2.45, 2.75) is 39.2 Å². The van der Waals surface area contributed by atoms with Gasteiger partial charge >= 0.3 is 0 Å². The molecule has 1 rings (SSSR count). The van der Waals surface area contributed by atoms with Gasteiger partial charge in [-0.3, -0.25) is 0 Å². The average molecular weight is 245 g/mol. The third-order valence-electron chi connectivity index (χ3n) is 2.08. The molecule has 0 aliphatic carbocycles. The summed E-state index contributed by atoms with van der Waals surface area (Å²) in [7, 11) is 0. The van der Waals surface area contributed by atoms with E-state index in [1.807, 2.05) is 11.8 Å². The Balaban J connectivity index is 2.42. The van der Waals surface area contributed by atoms with Crippen molar-refractivity contribution in [3.8, 4) is 0 Å². The van der Waals surface area contributed by atoms with Crippen molar-refractivity contribution in [2.24, 2.45) is 0 Å². The van der Waals surface area contributed by atoms with Crippen LogP contribution >= 0.6 is 23.3 Å². The molecule has 15 heavy (non-hydrogen) atoms. The molecule has 0 radical (unpaired) electrons. The summed E-state index contributed by atoms with van der Waals surface area (Å²) in [6.07, 6.45) is 3.30. The van der Waals surface area contributed by atoms with Crippen LogP contribution in [0.1, 0.15) is 38.9 Å². The van der Waals surface area contributed by atoms with E-state index in [0.717, 1.165) is 17.4 Å². The zero-order chi connectivity index (χ0) is 11.3. The summed E-state index contributed by atoms with van der Waals surface area (Å²) in [6.45, 7) is 6.42. The van der Waals surface area contributed by atoms with E-state index >= 15 is 0 Å². The first-order valence-electron chi connectivity index (χ1n) is 5.22. The molecule has 0 spiro atoms. The molecule has 1 heterocycles. The highest BCUT2D eigenvalue weighted by Crippen LogP contribution is 2.18. The molecule has 1 N–H and O–H groups in total. The molecular formula is C10H19N3S2. The zero-order valence-electron chi connectivity index (χ0n) is 9.78. The molecule has 0 aliphatic heterocycles. The zero-order valence-corrected chi connectivity index (χ0v) is 11.4. The molecule has 0 bridgehead atoms. The van der Waals surface area contributed by atoms with Crippen LogP contribution in [0.2, 0.25) is 0 Å². The van der Waals surface area contributed by atoms with E-state index in [9.17, 15) is 0 Å². The first kappa shape index (κ1) is 12.8. The summed E-state index contributed by atoms with van der Waals surface area (Å²) < 4.78 is 4.31. The molecule has 0 aliphatic rings. The molecule has 1 aromatic rings. The van der Waals surface area contributed by atoms with Crippen molar-refractivity contribution in [3.63, 3.8) is 0 Å². The van der Waals surface area contributed by atoms with Crippen molar-refractivity contribution >= 4 is 28.4 Å². The summed E-state index contributed by atoms with van der Waals surface area (Å²) in [6, 6.07) is 0.477. The van der Waals surface area contributed by atoms with Crippen LogP contribution in [0.25, 0.3) is 0 Å². The van der Waals surface area contributed by atoms with Crippen LogP contribution in [-0.2, 0) is 0 Å². The predicted molar refractivity (Wildman–Crippen MR) is 70.1 cm³/mol. The molecule has 1 unspecified atom stereocenters. The number of nitrogens with one attached hydrogen (secondary N) is 1. The first-order valence-corrected chi connectivity index (χ1v) is 7.39. The van der Waals surface area contributed by atoms with Crippen molar-refractivity contribution in [2.75, 3.05) is 17.3 Å². The van der Waals surface area contributed by atoms with Crippen molar-refractivity contribution in [1.29, 1.82) is 0 Å². The van der Waals surface area contributed by atoms with Gasteiger partial charge in [-0.1, -0.05) is 13.8 Å². The molecule has 0 saturated carbocycles. The number of rotatable bonds is 6. The predicted octanol–water partition coefficient (Wildman–Crippen LogP) is 3.22. The maximum atomic E-state index is 4.45. The minimum absolute atomic E-state index is 0.415. The van der Waals surface area contributed by atoms with Crippen LogP contribution in [0.4, 0.5) is 5.13 Å². The van der Waals surface area contributed by atoms with Gasteiger partial charge in [-0.15, -0.1) is 0 Å². The highest BCUT2D eigenvalue weighted by molar-refractivity contribution is 7.98. The lowest BCUT2D eigenvalue weighted by atomic mass is 10.2. The standard InChI is InChI=1S/C10H19N3S2/c1-7(2)9-12-10(15-13-9)11-8(3)5-6-14-4/h7-8H,5-6H2,1-4H3,(H,11,12,13). The Morgan fingerprint density at radius 1 is 1.40 bits per heavy atom. The highest BCUT2D eigenvalue weighted by atomic mass is 32.2. The minimum Gasteiger partial charge on any atom is -0.358 e. The maximum absolute atomic E-state index is 4.45. The molecule has 0 aromatic carbocycles. The van der Waals surface area contributed by atoms with Gasteiger partial charge in [0.1, 0.15) is 5.82 Å². The molecule has 5 heteroatoms. The normalized spacial score (nSPS) is 13.1. The van der Waals surface area contributed by atoms with Crippen LogP contribution in [-0.4, -0.2) is 27.4 Å². The van der Waals surface area contributed by atoms with E-state index in [0.29, 0.717) is 12.0 Å². The van der Waals surface area contributed by atoms with E-state index in [4.69, 9.17) is 0 Å². The largest absolute Gasteiger partial charge is 0.358 e. The Kier molecular flexibility index (Phi) is 5.39. The fraction of sp³-hybridized carbons (Fsp3) is 0.800. The average Bonchev–Trinajstić information content (AvgIpc) is 2.63. The van der Waals surface area contributed by atoms with Gasteiger partial charge in [-0.05, 0) is 25.4 Å². The van der Waals surface area contributed by atoms with E-state index in [1.54, 1.807) is 0 Å². The minimum atomic E-state index is 0.415. The molecular weight excluding hydrogens is 226 g/mol. The third kappa shape index (κ3) is 4.38. The smallest absolute Gasteiger partial charge is 0.202 e. The molecule has 3 nitrogen and oxygen atoms in total. The van der Waals surface area contributed by atoms with Gasteiger partial charge < -0.3 is 5.32 Å². The molecule has 1 atom stereocenters. The van der Waals surface area contributed by atoms with Gasteiger partial charge in [0.15, 0.2) is 0 Å². The van der Waals surface area contributed by atoms with Gasteiger partial charge in [0, 0.05) is 23.5 Å². The van der Waals surface area contributed by atoms with Crippen LogP contribution in [0.5, 0.6) is 0 Å². The Morgan fingerprint density at radius 3 is 2.67 bits per heavy atom. The van der Waals surface area contributed by atoms with Gasteiger partial charge in [0.2, 0.25) is 5.13 Å². The van der Waals surface area contributed by atoms with Crippen molar-refractivity contribution in [3.05, 3.63) is 5.82 Å². The summed E-state index contributed by atoms with van der Waals surface area (Å²) in [5.41, 5.74) is 0. The fourth-order valence-electron chi connectivity index (χ4n) is 1.11. The second-order valence-corrected chi connectivity index (χ2v) is 5.68. The fourth-order valence-corrected chi connectivity index (χ4v) is 2.51. The van der Waals surface area contributed by atoms with Gasteiger partial charge in [-0.25, -0.2) is 4.98 Å². The molecule has 0 fully saturated rings. The topological polar surface area (TPSA) is 37.8 Å². The van der Waals surface area contributed by atoms with Gasteiger partial charge in [-0.2, -0.15) is 16.1 Å². The van der Waals surface area contributed by atoms with Crippen LogP contribution in [0.3, 0.4) is 0 Å². The lowest BCUT2D eigenvalue weighted by Gasteiger charge is -2.10. The number of anilines is 1. The molecule has 86 valence electrons. The Hall–Kier alpha value is -0.290. The number of nitrogens with zero attached hydrogens (tertiary/aromatic N) is 2. The summed E-state index contributed by atoms with van der Waals surface area (Å²) in [4.78, 5) is 4.45. The third-order valence-corrected chi connectivity index (χ3v) is 3.39. The molecule has 0 amide bonds. The Labute approximate surface area is 100 Å². The van der Waals surface area contributed by atoms with Gasteiger partial charge in [0.05, 0.1) is 0 Å². The lowest BCUT2D eigenvalue weighted by molar-refractivity contribution is 0.762. The number of thioether (sulfide) groups is 1. The summed E-state index contributed by atoms with van der Waals surface area (Å²) in [5, 5.41) is 4.33. The quantitative estimate of drug-likeness (QED) is 0.835. The number of hydrogen-bond donors (Lipinski definition) is 1. The van der Waals surface area contributed by atoms with E-state index < -0.39 is 0 Å². The summed E-state index contributed by atoms with van der Waals surface area (Å²) >= 11 is 3.34. The lowest BCUT2D eigenvalue weighted by Crippen LogP contribution is -2.15. The van der Waals surface area contributed by atoms with Crippen molar-refractivity contribution in [1.82, 2.24) is 9.36 Å². The monoisotopic (exact) mass is 245 g/mol. The Morgan fingerprint density at radius 2 is 2.13 bits per heavy atom. The highest BCUT2D eigenvalue weighted by Gasteiger charge is 2.09. The second kappa shape index (κ2) is 6.33. The Bertz CT molecular complexity index is 286. The van der Waals surface area contributed by atoms with Crippen LogP contribution < -0.4 is 5.32 Å². The number of hydrogen-bond acceptors (Lipinski definition) is 5. The SMILES string of the molecule is CSCCC(C)Nc1nc(C(C)C)ns1. The first-order chi connectivity index (χ1) is 7.13. The van der Waals surface area contributed by atoms with Crippen LogP contribution in [0, 0.1) is 0 Å².